The molecule has 1 aliphatic heterocycles. The molecule has 0 fully saturated rings. The first kappa shape index (κ1) is 19.5. The SMILES string of the molecule is CCc1sc(NC(=O)C[C@H]2NC(=O)c3ccccc3NC2=O)nc1C(=O)OC. The van der Waals surface area contributed by atoms with Crippen LogP contribution >= 0.6 is 11.3 Å². The van der Waals surface area contributed by atoms with E-state index in [0.29, 0.717) is 22.5 Å². The Morgan fingerprint density at radius 1 is 1.29 bits per heavy atom. The number of methoxy groups -OCH3 is 1. The van der Waals surface area contributed by atoms with Gasteiger partial charge in [0, 0.05) is 4.88 Å². The molecule has 3 amide bonds. The van der Waals surface area contributed by atoms with Crippen molar-refractivity contribution in [3.8, 4) is 0 Å². The van der Waals surface area contributed by atoms with Crippen LogP contribution in [0.25, 0.3) is 0 Å². The average molecular weight is 402 g/mol. The van der Waals surface area contributed by atoms with Crippen molar-refractivity contribution >= 4 is 45.8 Å². The molecule has 0 saturated heterocycles. The van der Waals surface area contributed by atoms with Crippen molar-refractivity contribution in [3.05, 3.63) is 40.4 Å². The number of hydrogen-bond acceptors (Lipinski definition) is 7. The van der Waals surface area contributed by atoms with Crippen LogP contribution in [0.4, 0.5) is 10.8 Å². The summed E-state index contributed by atoms with van der Waals surface area (Å²) in [5.74, 6) is -2.03. The number of amides is 3. The lowest BCUT2D eigenvalue weighted by atomic mass is 10.1. The van der Waals surface area contributed by atoms with Crippen molar-refractivity contribution in [2.24, 2.45) is 0 Å². The van der Waals surface area contributed by atoms with Crippen LogP contribution < -0.4 is 16.0 Å². The summed E-state index contributed by atoms with van der Waals surface area (Å²) < 4.78 is 4.68. The minimum atomic E-state index is -1.04. The Morgan fingerprint density at radius 2 is 2.04 bits per heavy atom. The summed E-state index contributed by atoms with van der Waals surface area (Å²) in [6.45, 7) is 1.86. The second kappa shape index (κ2) is 8.17. The van der Waals surface area contributed by atoms with Crippen molar-refractivity contribution in [1.82, 2.24) is 10.3 Å². The van der Waals surface area contributed by atoms with E-state index in [-0.39, 0.29) is 17.2 Å². The molecular formula is C18H18N4O5S. The van der Waals surface area contributed by atoms with E-state index >= 15 is 0 Å². The molecule has 2 heterocycles. The summed E-state index contributed by atoms with van der Waals surface area (Å²) >= 11 is 1.16. The zero-order valence-electron chi connectivity index (χ0n) is 15.2. The number of carbonyl (C=O) groups is 4. The van der Waals surface area contributed by atoms with Gasteiger partial charge in [-0.3, -0.25) is 14.4 Å². The van der Waals surface area contributed by atoms with Crippen LogP contribution in [0.2, 0.25) is 0 Å². The second-order valence-corrected chi connectivity index (χ2v) is 7.03. The lowest BCUT2D eigenvalue weighted by Gasteiger charge is -2.13. The fourth-order valence-corrected chi connectivity index (χ4v) is 3.62. The molecule has 0 radical (unpaired) electrons. The summed E-state index contributed by atoms with van der Waals surface area (Å²) in [4.78, 5) is 53.6. The molecular weight excluding hydrogens is 384 g/mol. The number of anilines is 2. The van der Waals surface area contributed by atoms with E-state index in [4.69, 9.17) is 0 Å². The quantitative estimate of drug-likeness (QED) is 0.652. The second-order valence-electron chi connectivity index (χ2n) is 5.95. The Balaban J connectivity index is 1.70. The summed E-state index contributed by atoms with van der Waals surface area (Å²) in [6, 6.07) is 5.55. The minimum absolute atomic E-state index is 0.154. The number of aryl methyl sites for hydroxylation is 1. The first-order valence-electron chi connectivity index (χ1n) is 8.51. The smallest absolute Gasteiger partial charge is 0.357 e. The number of esters is 1. The predicted molar refractivity (Wildman–Crippen MR) is 102 cm³/mol. The Bertz CT molecular complexity index is 955. The summed E-state index contributed by atoms with van der Waals surface area (Å²) in [7, 11) is 1.25. The van der Waals surface area contributed by atoms with Crippen LogP contribution in [-0.2, 0) is 20.7 Å². The van der Waals surface area contributed by atoms with E-state index in [9.17, 15) is 19.2 Å². The van der Waals surface area contributed by atoms with Crippen molar-refractivity contribution < 1.29 is 23.9 Å². The fourth-order valence-electron chi connectivity index (χ4n) is 2.71. The maximum Gasteiger partial charge on any atom is 0.357 e. The van der Waals surface area contributed by atoms with Gasteiger partial charge in [0.25, 0.3) is 5.91 Å². The van der Waals surface area contributed by atoms with Crippen LogP contribution in [-0.4, -0.2) is 41.8 Å². The highest BCUT2D eigenvalue weighted by molar-refractivity contribution is 7.16. The molecule has 0 bridgehead atoms. The van der Waals surface area contributed by atoms with Gasteiger partial charge in [0.15, 0.2) is 10.8 Å². The normalized spacial score (nSPS) is 15.7. The van der Waals surface area contributed by atoms with Gasteiger partial charge in [0.1, 0.15) is 6.04 Å². The van der Waals surface area contributed by atoms with Crippen LogP contribution in [0.5, 0.6) is 0 Å². The highest BCUT2D eigenvalue weighted by Crippen LogP contribution is 2.25. The van der Waals surface area contributed by atoms with Gasteiger partial charge >= 0.3 is 5.97 Å². The molecule has 1 aromatic carbocycles. The van der Waals surface area contributed by atoms with Gasteiger partial charge in [0.05, 0.1) is 24.8 Å². The maximum absolute atomic E-state index is 12.4. The van der Waals surface area contributed by atoms with E-state index in [0.717, 1.165) is 11.3 Å². The summed E-state index contributed by atoms with van der Waals surface area (Å²) in [5, 5.41) is 7.99. The van der Waals surface area contributed by atoms with Crippen molar-refractivity contribution in [1.29, 1.82) is 0 Å². The van der Waals surface area contributed by atoms with E-state index in [1.54, 1.807) is 24.3 Å². The lowest BCUT2D eigenvalue weighted by Crippen LogP contribution is -2.43. The Hall–Kier alpha value is -3.27. The van der Waals surface area contributed by atoms with Gasteiger partial charge in [0.2, 0.25) is 11.8 Å². The zero-order chi connectivity index (χ0) is 20.3. The standard InChI is InChI=1S/C18H18N4O5S/c1-3-12-14(17(26)27-2)22-18(28-12)21-13(23)8-11-16(25)19-10-7-5-4-6-9(10)15(24)20-11/h4-7,11H,3,8H2,1-2H3,(H,19,25)(H,20,24)(H,21,22,23)/t11-/m1/s1. The molecule has 146 valence electrons. The van der Waals surface area contributed by atoms with Crippen LogP contribution in [0.3, 0.4) is 0 Å². The van der Waals surface area contributed by atoms with E-state index < -0.39 is 29.7 Å². The van der Waals surface area contributed by atoms with E-state index in [2.05, 4.69) is 25.7 Å². The number of aromatic nitrogens is 1. The number of nitrogens with zero attached hydrogens (tertiary/aromatic N) is 1. The molecule has 3 N–H and O–H groups in total. The van der Waals surface area contributed by atoms with Crippen LogP contribution in [0.1, 0.15) is 39.1 Å². The number of rotatable bonds is 5. The molecule has 2 aromatic rings. The average Bonchev–Trinajstić information content (AvgIpc) is 3.04. The molecule has 0 aliphatic carbocycles. The monoisotopic (exact) mass is 402 g/mol. The molecule has 0 unspecified atom stereocenters. The third-order valence-electron chi connectivity index (χ3n) is 4.08. The molecule has 1 aliphatic rings. The number of carbonyl (C=O) groups excluding carboxylic acids is 4. The lowest BCUT2D eigenvalue weighted by molar-refractivity contribution is -0.122. The van der Waals surface area contributed by atoms with Crippen molar-refractivity contribution in [2.45, 2.75) is 25.8 Å². The maximum atomic E-state index is 12.4. The van der Waals surface area contributed by atoms with Gasteiger partial charge in [-0.2, -0.15) is 0 Å². The highest BCUT2D eigenvalue weighted by atomic mass is 32.1. The Morgan fingerprint density at radius 3 is 2.75 bits per heavy atom. The first-order chi connectivity index (χ1) is 13.4. The fraction of sp³-hybridized carbons (Fsp3) is 0.278. The number of nitrogens with one attached hydrogen (secondary N) is 3. The van der Waals surface area contributed by atoms with E-state index in [1.807, 2.05) is 6.92 Å². The highest BCUT2D eigenvalue weighted by Gasteiger charge is 2.30. The molecule has 28 heavy (non-hydrogen) atoms. The Kier molecular flexibility index (Phi) is 5.69. The number of benzene rings is 1. The van der Waals surface area contributed by atoms with Crippen LogP contribution in [0.15, 0.2) is 24.3 Å². The van der Waals surface area contributed by atoms with Gasteiger partial charge < -0.3 is 20.7 Å². The summed E-state index contributed by atoms with van der Waals surface area (Å²) in [6.07, 6.45) is 0.275. The molecule has 0 spiro atoms. The number of fused-ring (bicyclic) bond motifs is 1. The third-order valence-corrected chi connectivity index (χ3v) is 5.20. The third kappa shape index (κ3) is 4.01. The van der Waals surface area contributed by atoms with Gasteiger partial charge in [-0.05, 0) is 18.6 Å². The first-order valence-corrected chi connectivity index (χ1v) is 9.33. The number of thiazole rings is 1. The molecule has 1 atom stereocenters. The molecule has 3 rings (SSSR count). The van der Waals surface area contributed by atoms with Crippen LogP contribution in [0, 0.1) is 0 Å². The molecule has 9 nitrogen and oxygen atoms in total. The molecule has 10 heteroatoms. The predicted octanol–water partition coefficient (Wildman–Crippen LogP) is 1.57. The number of hydrogen-bond donors (Lipinski definition) is 3. The summed E-state index contributed by atoms with van der Waals surface area (Å²) in [5.41, 5.74) is 0.874. The number of para-hydroxylation sites is 1. The minimum Gasteiger partial charge on any atom is -0.464 e. The van der Waals surface area contributed by atoms with Crippen molar-refractivity contribution in [3.63, 3.8) is 0 Å². The molecule has 0 saturated carbocycles. The zero-order valence-corrected chi connectivity index (χ0v) is 16.0. The number of ether oxygens (including phenoxy) is 1. The topological polar surface area (TPSA) is 126 Å². The largest absolute Gasteiger partial charge is 0.464 e. The van der Waals surface area contributed by atoms with Gasteiger partial charge in [-0.15, -0.1) is 11.3 Å². The van der Waals surface area contributed by atoms with Crippen molar-refractivity contribution in [2.75, 3.05) is 17.7 Å². The van der Waals surface area contributed by atoms with Gasteiger partial charge in [-0.25, -0.2) is 9.78 Å². The van der Waals surface area contributed by atoms with Gasteiger partial charge in [-0.1, -0.05) is 19.1 Å². The Labute approximate surface area is 164 Å². The molecule has 1 aromatic heterocycles. The van der Waals surface area contributed by atoms with E-state index in [1.165, 1.54) is 7.11 Å².